The van der Waals surface area contributed by atoms with E-state index in [0.717, 1.165) is 19.4 Å². The number of piperidine rings is 1. The number of nitrogens with one attached hydrogen (secondary N) is 2. The zero-order chi connectivity index (χ0) is 17.4. The molecule has 0 saturated carbocycles. The van der Waals surface area contributed by atoms with Gasteiger partial charge in [-0.25, -0.2) is 8.42 Å². The lowest BCUT2D eigenvalue weighted by molar-refractivity contribution is 0.273. The maximum atomic E-state index is 12.6. The lowest BCUT2D eigenvalue weighted by Crippen LogP contribution is -2.44. The van der Waals surface area contributed by atoms with Crippen LogP contribution < -0.4 is 10.6 Å². The third kappa shape index (κ3) is 4.73. The average molecular weight is 348 g/mol. The molecule has 2 rings (SSSR count). The third-order valence-corrected chi connectivity index (χ3v) is 6.01. The van der Waals surface area contributed by atoms with Crippen LogP contribution in [0.25, 0.3) is 0 Å². The molecule has 7 heteroatoms. The molecule has 1 saturated heterocycles. The molecule has 0 aliphatic carbocycles. The molecule has 0 radical (unpaired) electrons. The Labute approximate surface area is 144 Å². The highest BCUT2D eigenvalue weighted by molar-refractivity contribution is 7.89. The number of sulfonamides is 1. The first-order valence-corrected chi connectivity index (χ1v) is 9.45. The Balaban J connectivity index is 1.84. The van der Waals surface area contributed by atoms with E-state index >= 15 is 0 Å². The molecule has 0 amide bonds. The largest absolute Gasteiger partial charge is 0.356 e. The van der Waals surface area contributed by atoms with Crippen LogP contribution in [0.1, 0.15) is 12.8 Å². The summed E-state index contributed by atoms with van der Waals surface area (Å²) in [5.74, 6) is 3.59. The molecule has 1 heterocycles. The van der Waals surface area contributed by atoms with Crippen LogP contribution in [-0.2, 0) is 10.0 Å². The van der Waals surface area contributed by atoms with Crippen LogP contribution in [0.5, 0.6) is 0 Å². The van der Waals surface area contributed by atoms with Crippen molar-refractivity contribution in [3.8, 4) is 12.3 Å². The number of nitrogens with zero attached hydrogens (tertiary/aromatic N) is 2. The molecular formula is C17H24N4O2S. The predicted molar refractivity (Wildman–Crippen MR) is 96.1 cm³/mol. The molecule has 1 fully saturated rings. The zero-order valence-electron chi connectivity index (χ0n) is 13.9. The summed E-state index contributed by atoms with van der Waals surface area (Å²) in [5, 5.41) is 6.24. The quantitative estimate of drug-likeness (QED) is 0.471. The van der Waals surface area contributed by atoms with E-state index < -0.39 is 10.0 Å². The van der Waals surface area contributed by atoms with Crippen LogP contribution in [0.4, 0.5) is 0 Å². The highest BCUT2D eigenvalue weighted by atomic mass is 32.2. The van der Waals surface area contributed by atoms with Crippen LogP contribution in [0, 0.1) is 18.3 Å². The highest BCUT2D eigenvalue weighted by Crippen LogP contribution is 2.23. The maximum Gasteiger partial charge on any atom is 0.243 e. The summed E-state index contributed by atoms with van der Waals surface area (Å²) in [7, 11) is -1.68. The Kier molecular flexibility index (Phi) is 6.64. The smallest absolute Gasteiger partial charge is 0.243 e. The Morgan fingerprint density at radius 2 is 1.96 bits per heavy atom. The van der Waals surface area contributed by atoms with Crippen LogP contribution in [-0.4, -0.2) is 51.9 Å². The summed E-state index contributed by atoms with van der Waals surface area (Å²) in [4.78, 5) is 4.46. The topological polar surface area (TPSA) is 73.8 Å². The van der Waals surface area contributed by atoms with Crippen molar-refractivity contribution < 1.29 is 8.42 Å². The minimum atomic E-state index is -3.38. The van der Waals surface area contributed by atoms with Gasteiger partial charge >= 0.3 is 0 Å². The van der Waals surface area contributed by atoms with Crippen molar-refractivity contribution in [2.45, 2.75) is 17.7 Å². The summed E-state index contributed by atoms with van der Waals surface area (Å²) < 4.78 is 26.7. The molecule has 2 N–H and O–H groups in total. The maximum absolute atomic E-state index is 12.6. The fourth-order valence-corrected chi connectivity index (χ4v) is 4.18. The van der Waals surface area contributed by atoms with Crippen molar-refractivity contribution in [3.05, 3.63) is 30.3 Å². The summed E-state index contributed by atoms with van der Waals surface area (Å²) in [6.07, 6.45) is 6.87. The first kappa shape index (κ1) is 18.3. The molecule has 1 aliphatic rings. The van der Waals surface area contributed by atoms with Crippen molar-refractivity contribution in [1.82, 2.24) is 14.9 Å². The Morgan fingerprint density at radius 3 is 2.54 bits per heavy atom. The van der Waals surface area contributed by atoms with Gasteiger partial charge in [0.1, 0.15) is 0 Å². The van der Waals surface area contributed by atoms with Gasteiger partial charge in [0.25, 0.3) is 0 Å². The Morgan fingerprint density at radius 1 is 1.29 bits per heavy atom. The van der Waals surface area contributed by atoms with Crippen LogP contribution >= 0.6 is 0 Å². The SMILES string of the molecule is C#CCNC(=NC)NCC1CCN(S(=O)(=O)c2ccccc2)CC1. The Bertz CT molecular complexity index is 687. The number of hydrogen-bond donors (Lipinski definition) is 2. The van der Waals surface area contributed by atoms with Gasteiger partial charge in [-0.15, -0.1) is 6.42 Å². The van der Waals surface area contributed by atoms with Gasteiger partial charge in [0.2, 0.25) is 10.0 Å². The minimum Gasteiger partial charge on any atom is -0.356 e. The molecule has 1 aromatic carbocycles. The summed E-state index contributed by atoms with van der Waals surface area (Å²) >= 11 is 0. The van der Waals surface area contributed by atoms with Gasteiger partial charge < -0.3 is 10.6 Å². The number of hydrogen-bond acceptors (Lipinski definition) is 3. The second kappa shape index (κ2) is 8.71. The first-order chi connectivity index (χ1) is 11.6. The fraction of sp³-hybridized carbons (Fsp3) is 0.471. The number of benzene rings is 1. The molecule has 0 atom stereocenters. The standard InChI is InChI=1S/C17H24N4O2S/c1-3-11-19-17(18-2)20-14-15-9-12-21(13-10-15)24(22,23)16-7-5-4-6-8-16/h1,4-8,15H,9-14H2,2H3,(H2,18,19,20). The normalized spacial score (nSPS) is 17.2. The molecule has 24 heavy (non-hydrogen) atoms. The van der Waals surface area contributed by atoms with Gasteiger partial charge in [0.15, 0.2) is 5.96 Å². The lowest BCUT2D eigenvalue weighted by Gasteiger charge is -2.31. The number of guanidine groups is 1. The van der Waals surface area contributed by atoms with Crippen molar-refractivity contribution in [2.24, 2.45) is 10.9 Å². The molecule has 6 nitrogen and oxygen atoms in total. The predicted octanol–water partition coefficient (Wildman–Crippen LogP) is 0.886. The van der Waals surface area contributed by atoms with E-state index in [1.54, 1.807) is 35.6 Å². The minimum absolute atomic E-state index is 0.362. The number of rotatable bonds is 5. The monoisotopic (exact) mass is 348 g/mol. The van der Waals surface area contributed by atoms with E-state index in [1.807, 2.05) is 6.07 Å². The molecule has 1 aromatic rings. The molecule has 1 aliphatic heterocycles. The van der Waals surface area contributed by atoms with E-state index in [9.17, 15) is 8.42 Å². The van der Waals surface area contributed by atoms with Gasteiger partial charge in [0, 0.05) is 26.7 Å². The number of aliphatic imine (C=N–C) groups is 1. The fourth-order valence-electron chi connectivity index (χ4n) is 2.69. The van der Waals surface area contributed by atoms with E-state index in [-0.39, 0.29) is 0 Å². The molecular weight excluding hydrogens is 324 g/mol. The molecule has 0 unspecified atom stereocenters. The summed E-state index contributed by atoms with van der Waals surface area (Å²) in [6, 6.07) is 8.60. The van der Waals surface area contributed by atoms with Crippen LogP contribution in [0.2, 0.25) is 0 Å². The molecule has 0 bridgehead atoms. The van der Waals surface area contributed by atoms with E-state index in [4.69, 9.17) is 6.42 Å². The Hall–Kier alpha value is -2.04. The molecule has 0 spiro atoms. The zero-order valence-corrected chi connectivity index (χ0v) is 14.7. The van der Waals surface area contributed by atoms with Gasteiger partial charge in [-0.2, -0.15) is 4.31 Å². The number of terminal acetylenes is 1. The van der Waals surface area contributed by atoms with E-state index in [1.165, 1.54) is 0 Å². The highest BCUT2D eigenvalue weighted by Gasteiger charge is 2.29. The van der Waals surface area contributed by atoms with Crippen molar-refractivity contribution in [1.29, 1.82) is 0 Å². The van der Waals surface area contributed by atoms with Crippen molar-refractivity contribution >= 4 is 16.0 Å². The lowest BCUT2D eigenvalue weighted by atomic mass is 9.98. The van der Waals surface area contributed by atoms with E-state index in [0.29, 0.717) is 36.4 Å². The van der Waals surface area contributed by atoms with Gasteiger partial charge in [0.05, 0.1) is 11.4 Å². The molecule has 0 aromatic heterocycles. The van der Waals surface area contributed by atoms with Gasteiger partial charge in [-0.3, -0.25) is 4.99 Å². The van der Waals surface area contributed by atoms with Crippen LogP contribution in [0.15, 0.2) is 40.2 Å². The summed E-state index contributed by atoms with van der Waals surface area (Å²) in [5.41, 5.74) is 0. The van der Waals surface area contributed by atoms with Gasteiger partial charge in [-0.05, 0) is 30.9 Å². The second-order valence-corrected chi connectivity index (χ2v) is 7.61. The summed E-state index contributed by atoms with van der Waals surface area (Å²) in [6.45, 7) is 2.26. The van der Waals surface area contributed by atoms with Crippen molar-refractivity contribution in [3.63, 3.8) is 0 Å². The van der Waals surface area contributed by atoms with E-state index in [2.05, 4.69) is 21.5 Å². The second-order valence-electron chi connectivity index (χ2n) is 5.67. The third-order valence-electron chi connectivity index (χ3n) is 4.09. The molecule has 130 valence electrons. The average Bonchev–Trinajstić information content (AvgIpc) is 2.63. The first-order valence-electron chi connectivity index (χ1n) is 8.01. The van der Waals surface area contributed by atoms with Crippen LogP contribution in [0.3, 0.4) is 0 Å². The van der Waals surface area contributed by atoms with Crippen molar-refractivity contribution in [2.75, 3.05) is 33.2 Å². The van der Waals surface area contributed by atoms with Gasteiger partial charge in [-0.1, -0.05) is 24.1 Å².